The molecular weight excluding hydrogens is 308 g/mol. The lowest BCUT2D eigenvalue weighted by molar-refractivity contribution is 0.0883. The molecule has 1 saturated heterocycles. The van der Waals surface area contributed by atoms with Gasteiger partial charge in [-0.3, -0.25) is 0 Å². The highest BCUT2D eigenvalue weighted by Crippen LogP contribution is 2.22. The van der Waals surface area contributed by atoms with E-state index < -0.39 is 6.10 Å². The van der Waals surface area contributed by atoms with Crippen molar-refractivity contribution in [3.05, 3.63) is 30.1 Å². The summed E-state index contributed by atoms with van der Waals surface area (Å²) in [6.07, 6.45) is 1.14. The number of urea groups is 1. The van der Waals surface area contributed by atoms with Gasteiger partial charge in [0.2, 0.25) is 0 Å². The molecule has 0 saturated carbocycles. The van der Waals surface area contributed by atoms with Gasteiger partial charge in [0.1, 0.15) is 0 Å². The predicted molar refractivity (Wildman–Crippen MR) is 89.7 cm³/mol. The van der Waals surface area contributed by atoms with Gasteiger partial charge in [-0.25, -0.2) is 4.79 Å². The van der Waals surface area contributed by atoms with Crippen LogP contribution in [0.4, 0.5) is 10.5 Å². The summed E-state index contributed by atoms with van der Waals surface area (Å²) in [5.74, 6) is 1.35. The first-order valence-corrected chi connectivity index (χ1v) is 8.21. The number of nitrogens with one attached hydrogen (secondary N) is 1. The van der Waals surface area contributed by atoms with Gasteiger partial charge in [-0.15, -0.1) is 0 Å². The lowest BCUT2D eigenvalue weighted by Gasteiger charge is -2.30. The number of benzene rings is 1. The molecular formula is C17H22N4O3. The maximum Gasteiger partial charge on any atom is 0.321 e. The number of aromatic nitrogens is 2. The summed E-state index contributed by atoms with van der Waals surface area (Å²) < 4.78 is 5.26. The third-order valence-corrected chi connectivity index (χ3v) is 4.02. The minimum absolute atomic E-state index is 0.193. The Morgan fingerprint density at radius 2 is 2.12 bits per heavy atom. The number of amides is 2. The summed E-state index contributed by atoms with van der Waals surface area (Å²) in [7, 11) is 0. The predicted octanol–water partition coefficient (Wildman–Crippen LogP) is 2.85. The van der Waals surface area contributed by atoms with Gasteiger partial charge in [-0.1, -0.05) is 19.0 Å². The molecule has 3 rings (SSSR count). The van der Waals surface area contributed by atoms with E-state index >= 15 is 0 Å². The van der Waals surface area contributed by atoms with Gasteiger partial charge in [-0.05, 0) is 37.1 Å². The fourth-order valence-electron chi connectivity index (χ4n) is 2.62. The molecule has 7 heteroatoms. The van der Waals surface area contributed by atoms with Crippen LogP contribution in [0.3, 0.4) is 0 Å². The lowest BCUT2D eigenvalue weighted by atomic mass is 10.1. The molecule has 1 aliphatic rings. The minimum Gasteiger partial charge on any atom is -0.391 e. The van der Waals surface area contributed by atoms with Crippen molar-refractivity contribution in [2.45, 2.75) is 38.7 Å². The number of likely N-dealkylation sites (tertiary alicyclic amines) is 1. The molecule has 0 spiro atoms. The van der Waals surface area contributed by atoms with Crippen LogP contribution >= 0.6 is 0 Å². The van der Waals surface area contributed by atoms with Crippen LogP contribution in [0.15, 0.2) is 28.8 Å². The normalized spacial score (nSPS) is 18.0. The van der Waals surface area contributed by atoms with E-state index in [9.17, 15) is 9.90 Å². The summed E-state index contributed by atoms with van der Waals surface area (Å²) in [5.41, 5.74) is 1.49. The van der Waals surface area contributed by atoms with Crippen LogP contribution in [0.5, 0.6) is 0 Å². The van der Waals surface area contributed by atoms with Crippen molar-refractivity contribution in [3.8, 4) is 11.5 Å². The Labute approximate surface area is 140 Å². The number of nitrogens with zero attached hydrogens (tertiary/aromatic N) is 3. The van der Waals surface area contributed by atoms with Gasteiger partial charge < -0.3 is 19.8 Å². The molecule has 2 N–H and O–H groups in total. The Balaban J connectivity index is 1.64. The molecule has 0 aliphatic carbocycles. The van der Waals surface area contributed by atoms with Gasteiger partial charge in [0.05, 0.1) is 6.10 Å². The average Bonchev–Trinajstić information content (AvgIpc) is 3.06. The van der Waals surface area contributed by atoms with Crippen molar-refractivity contribution in [1.82, 2.24) is 15.0 Å². The number of carbonyl (C=O) groups excluding carboxylic acids is 1. The Morgan fingerprint density at radius 1 is 1.38 bits per heavy atom. The molecule has 1 aliphatic heterocycles. The topological polar surface area (TPSA) is 91.5 Å². The number of piperidine rings is 1. The molecule has 0 radical (unpaired) electrons. The monoisotopic (exact) mass is 330 g/mol. The Hall–Kier alpha value is -2.41. The first kappa shape index (κ1) is 16.4. The summed E-state index contributed by atoms with van der Waals surface area (Å²) in [6, 6.07) is 7.07. The summed E-state index contributed by atoms with van der Waals surface area (Å²) >= 11 is 0. The fourth-order valence-corrected chi connectivity index (χ4v) is 2.62. The fraction of sp³-hybridized carbons (Fsp3) is 0.471. The Kier molecular flexibility index (Phi) is 4.80. The third kappa shape index (κ3) is 3.73. The average molecular weight is 330 g/mol. The Morgan fingerprint density at radius 3 is 2.75 bits per heavy atom. The molecule has 1 atom stereocenters. The van der Waals surface area contributed by atoms with Crippen molar-refractivity contribution >= 4 is 11.7 Å². The maximum absolute atomic E-state index is 12.2. The smallest absolute Gasteiger partial charge is 0.321 e. The largest absolute Gasteiger partial charge is 0.391 e. The molecule has 1 aromatic heterocycles. The summed E-state index contributed by atoms with van der Waals surface area (Å²) in [4.78, 5) is 18.2. The van der Waals surface area contributed by atoms with Crippen molar-refractivity contribution in [1.29, 1.82) is 0 Å². The Bertz CT molecular complexity index is 696. The van der Waals surface area contributed by atoms with Crippen LogP contribution in [-0.4, -0.2) is 45.4 Å². The highest BCUT2D eigenvalue weighted by Gasteiger charge is 2.22. The van der Waals surface area contributed by atoms with E-state index in [-0.39, 0.29) is 11.9 Å². The number of aliphatic hydroxyl groups excluding tert-OH is 1. The second-order valence-electron chi connectivity index (χ2n) is 6.36. The summed E-state index contributed by atoms with van der Waals surface area (Å²) in [5, 5.41) is 16.4. The highest BCUT2D eigenvalue weighted by atomic mass is 16.5. The number of hydrogen-bond donors (Lipinski definition) is 2. The molecule has 128 valence electrons. The maximum atomic E-state index is 12.2. The van der Waals surface area contributed by atoms with Gasteiger partial charge in [0.25, 0.3) is 5.89 Å². The van der Waals surface area contributed by atoms with Crippen LogP contribution in [0, 0.1) is 0 Å². The molecule has 1 fully saturated rings. The molecule has 2 heterocycles. The summed E-state index contributed by atoms with van der Waals surface area (Å²) in [6.45, 7) is 5.06. The zero-order valence-corrected chi connectivity index (χ0v) is 13.9. The van der Waals surface area contributed by atoms with Crippen molar-refractivity contribution in [2.75, 3.05) is 18.4 Å². The van der Waals surface area contributed by atoms with Crippen LogP contribution in [0.2, 0.25) is 0 Å². The molecule has 24 heavy (non-hydrogen) atoms. The molecule has 0 unspecified atom stereocenters. The van der Waals surface area contributed by atoms with E-state index in [2.05, 4.69) is 15.5 Å². The number of β-amino-alcohol motifs (C(OH)–C–C–N with tert-alkyl or cyclic N) is 1. The van der Waals surface area contributed by atoms with Crippen molar-refractivity contribution < 1.29 is 14.4 Å². The van der Waals surface area contributed by atoms with E-state index in [1.165, 1.54) is 0 Å². The second-order valence-corrected chi connectivity index (χ2v) is 6.36. The van der Waals surface area contributed by atoms with Crippen LogP contribution in [0.1, 0.15) is 38.4 Å². The third-order valence-electron chi connectivity index (χ3n) is 4.02. The first-order valence-electron chi connectivity index (χ1n) is 8.21. The minimum atomic E-state index is -0.431. The number of anilines is 1. The van der Waals surface area contributed by atoms with E-state index in [1.54, 1.807) is 17.0 Å². The molecule has 7 nitrogen and oxygen atoms in total. The first-order chi connectivity index (χ1) is 11.5. The van der Waals surface area contributed by atoms with E-state index in [0.717, 1.165) is 18.4 Å². The molecule has 0 bridgehead atoms. The molecule has 2 amide bonds. The quantitative estimate of drug-likeness (QED) is 0.903. The zero-order valence-electron chi connectivity index (χ0n) is 13.9. The second kappa shape index (κ2) is 7.00. The van der Waals surface area contributed by atoms with E-state index in [1.807, 2.05) is 26.0 Å². The van der Waals surface area contributed by atoms with Crippen LogP contribution in [-0.2, 0) is 0 Å². The highest BCUT2D eigenvalue weighted by molar-refractivity contribution is 5.89. The molecule has 1 aromatic carbocycles. The standard InChI is InChI=1S/C17H22N4O3/c1-11(2)15-19-16(24-20-15)12-5-7-13(8-6-12)18-17(23)21-9-3-4-14(22)10-21/h5-8,11,14,22H,3-4,9-10H2,1-2H3,(H,18,23)/t14-/m0/s1. The van der Waals surface area contributed by atoms with Crippen LogP contribution in [0.25, 0.3) is 11.5 Å². The molecule has 2 aromatic rings. The number of aliphatic hydroxyl groups is 1. The lowest BCUT2D eigenvalue weighted by Crippen LogP contribution is -2.44. The van der Waals surface area contributed by atoms with Gasteiger partial charge in [0.15, 0.2) is 5.82 Å². The van der Waals surface area contributed by atoms with Crippen molar-refractivity contribution in [3.63, 3.8) is 0 Å². The SMILES string of the molecule is CC(C)c1noc(-c2ccc(NC(=O)N3CCC[C@H](O)C3)cc2)n1. The zero-order chi connectivity index (χ0) is 17.1. The number of rotatable bonds is 3. The van der Waals surface area contributed by atoms with Crippen molar-refractivity contribution in [2.24, 2.45) is 0 Å². The van der Waals surface area contributed by atoms with Crippen LogP contribution < -0.4 is 5.32 Å². The van der Waals surface area contributed by atoms with E-state index in [4.69, 9.17) is 4.52 Å². The number of hydrogen-bond acceptors (Lipinski definition) is 5. The van der Waals surface area contributed by atoms with E-state index in [0.29, 0.717) is 30.5 Å². The number of carbonyl (C=O) groups is 1. The van der Waals surface area contributed by atoms with Gasteiger partial charge in [-0.2, -0.15) is 4.98 Å². The van der Waals surface area contributed by atoms with Gasteiger partial charge in [0, 0.05) is 30.3 Å². The van der Waals surface area contributed by atoms with Gasteiger partial charge >= 0.3 is 6.03 Å².